The van der Waals surface area contributed by atoms with Crippen molar-refractivity contribution in [2.75, 3.05) is 0 Å². The molecule has 0 spiro atoms. The normalized spacial score (nSPS) is 9.24. The minimum absolute atomic E-state index is 0. The van der Waals surface area contributed by atoms with Crippen molar-refractivity contribution in [2.45, 2.75) is 0 Å². The van der Waals surface area contributed by atoms with E-state index in [2.05, 4.69) is 72.8 Å². The van der Waals surface area contributed by atoms with Crippen molar-refractivity contribution in [3.05, 3.63) is 72.8 Å². The number of benzene rings is 4. The number of fused-ring (bicyclic) bond motifs is 3. The van der Waals surface area contributed by atoms with E-state index in [9.17, 15) is 0 Å². The summed E-state index contributed by atoms with van der Waals surface area (Å²) in [6.07, 6.45) is 0. The molecule has 0 aliphatic carbocycles. The van der Waals surface area contributed by atoms with Crippen molar-refractivity contribution in [1.82, 2.24) is 0 Å². The van der Waals surface area contributed by atoms with Crippen molar-refractivity contribution < 1.29 is 169 Å². The van der Waals surface area contributed by atoms with Gasteiger partial charge in [0.05, 0.1) is 0 Å². The van der Waals surface area contributed by atoms with Gasteiger partial charge in [0, 0.05) is 0 Å². The van der Waals surface area contributed by atoms with Crippen molar-refractivity contribution in [3.63, 3.8) is 0 Å². The van der Waals surface area contributed by atoms with E-state index in [1.807, 2.05) is 0 Å². The second-order valence-corrected chi connectivity index (χ2v) is 5.03. The fourth-order valence-corrected chi connectivity index (χ4v) is 2.63. The molecule has 25 heavy (non-hydrogen) atoms. The summed E-state index contributed by atoms with van der Waals surface area (Å²) >= 11 is 0. The Morgan fingerprint density at radius 2 is 0.640 bits per heavy atom. The molecule has 0 bridgehead atoms. The summed E-state index contributed by atoms with van der Waals surface area (Å²) < 4.78 is 0. The SMILES string of the molecule is [K+].[K+].[K+].[O-]B([O-])[O-].c1ccc2cc3cc4ccccc4cc3cc2c1. The van der Waals surface area contributed by atoms with E-state index in [4.69, 9.17) is 15.1 Å². The van der Waals surface area contributed by atoms with E-state index in [1.54, 1.807) is 0 Å². The first-order chi connectivity index (χ1) is 10.6. The molecule has 0 fully saturated rings. The molecule has 4 aromatic rings. The van der Waals surface area contributed by atoms with Crippen LogP contribution in [0.25, 0.3) is 32.3 Å². The largest absolute Gasteiger partial charge is 1.00 e. The van der Waals surface area contributed by atoms with Gasteiger partial charge in [-0.15, -0.1) is 0 Å². The molecule has 0 amide bonds. The van der Waals surface area contributed by atoms with Crippen LogP contribution in [0, 0.1) is 0 Å². The molecular formula is C18H12BK3O3. The van der Waals surface area contributed by atoms with Crippen LogP contribution in [0.2, 0.25) is 0 Å². The topological polar surface area (TPSA) is 69.2 Å². The first-order valence-electron chi connectivity index (χ1n) is 6.92. The molecule has 4 rings (SSSR count). The molecule has 0 aromatic heterocycles. The van der Waals surface area contributed by atoms with Gasteiger partial charge in [0.1, 0.15) is 0 Å². The van der Waals surface area contributed by atoms with Gasteiger partial charge in [-0.3, -0.25) is 7.32 Å². The molecule has 0 unspecified atom stereocenters. The van der Waals surface area contributed by atoms with Crippen LogP contribution < -0.4 is 169 Å². The predicted octanol–water partition coefficient (Wildman–Crippen LogP) is -7.79. The standard InChI is InChI=1S/C18H12.BO3.3K/c1-2-6-14-10-18-12-16-8-4-3-7-15(16)11-17(18)9-13(14)5-1;2-1(3)4;;;/h1-12H;;;;/q;-3;3*+1. The van der Waals surface area contributed by atoms with Gasteiger partial charge in [-0.1, -0.05) is 48.5 Å². The van der Waals surface area contributed by atoms with E-state index in [0.29, 0.717) is 0 Å². The van der Waals surface area contributed by atoms with E-state index < -0.39 is 7.32 Å². The smallest absolute Gasteiger partial charge is 0.907 e. The van der Waals surface area contributed by atoms with Crippen molar-refractivity contribution in [1.29, 1.82) is 0 Å². The van der Waals surface area contributed by atoms with Crippen molar-refractivity contribution in [3.8, 4) is 0 Å². The van der Waals surface area contributed by atoms with Gasteiger partial charge >= 0.3 is 154 Å². The first-order valence-corrected chi connectivity index (χ1v) is 6.92. The first kappa shape index (κ1) is 27.5. The van der Waals surface area contributed by atoms with Crippen molar-refractivity contribution in [2.24, 2.45) is 0 Å². The van der Waals surface area contributed by atoms with E-state index in [-0.39, 0.29) is 154 Å². The van der Waals surface area contributed by atoms with E-state index >= 15 is 0 Å². The molecule has 0 aliphatic rings. The second kappa shape index (κ2) is 13.7. The minimum Gasteiger partial charge on any atom is -0.907 e. The zero-order valence-corrected chi connectivity index (χ0v) is 24.1. The van der Waals surface area contributed by atoms with Crippen LogP contribution in [0.15, 0.2) is 72.8 Å². The Bertz CT molecular complexity index is 801. The molecule has 0 saturated heterocycles. The van der Waals surface area contributed by atoms with Gasteiger partial charge in [-0.2, -0.15) is 0 Å². The fourth-order valence-electron chi connectivity index (χ4n) is 2.63. The molecular weight excluding hydrogens is 392 g/mol. The molecule has 0 atom stereocenters. The van der Waals surface area contributed by atoms with Gasteiger partial charge in [0.15, 0.2) is 0 Å². The molecule has 0 N–H and O–H groups in total. The summed E-state index contributed by atoms with van der Waals surface area (Å²) in [7, 11) is -2.92. The Morgan fingerprint density at radius 3 is 0.840 bits per heavy atom. The predicted molar refractivity (Wildman–Crippen MR) is 84.7 cm³/mol. The second-order valence-electron chi connectivity index (χ2n) is 5.03. The van der Waals surface area contributed by atoms with Gasteiger partial charge in [0.25, 0.3) is 0 Å². The molecule has 108 valence electrons. The van der Waals surface area contributed by atoms with Crippen LogP contribution in [0.1, 0.15) is 0 Å². The third kappa shape index (κ3) is 8.04. The van der Waals surface area contributed by atoms with Crippen molar-refractivity contribution >= 4 is 39.6 Å². The van der Waals surface area contributed by atoms with Crippen LogP contribution in [0.5, 0.6) is 0 Å². The number of hydrogen-bond donors (Lipinski definition) is 0. The third-order valence-corrected chi connectivity index (χ3v) is 3.57. The molecule has 0 heterocycles. The number of rotatable bonds is 0. The summed E-state index contributed by atoms with van der Waals surface area (Å²) in [5.74, 6) is 0. The summed E-state index contributed by atoms with van der Waals surface area (Å²) in [5.41, 5.74) is 0. The third-order valence-electron chi connectivity index (χ3n) is 3.57. The molecule has 3 nitrogen and oxygen atoms in total. The summed E-state index contributed by atoms with van der Waals surface area (Å²) in [5, 5.41) is 33.1. The van der Waals surface area contributed by atoms with Crippen LogP contribution in [-0.4, -0.2) is 7.32 Å². The molecule has 0 aliphatic heterocycles. The zero-order valence-electron chi connectivity index (χ0n) is 14.7. The van der Waals surface area contributed by atoms with Crippen LogP contribution in [0.4, 0.5) is 0 Å². The average Bonchev–Trinajstić information content (AvgIpc) is 2.50. The maximum Gasteiger partial charge on any atom is 1.00 e. The van der Waals surface area contributed by atoms with Gasteiger partial charge in [-0.05, 0) is 56.6 Å². The monoisotopic (exact) mass is 404 g/mol. The van der Waals surface area contributed by atoms with E-state index in [0.717, 1.165) is 0 Å². The molecule has 0 saturated carbocycles. The summed E-state index contributed by atoms with van der Waals surface area (Å²) in [4.78, 5) is 0. The van der Waals surface area contributed by atoms with Gasteiger partial charge < -0.3 is 15.1 Å². The quantitative estimate of drug-likeness (QED) is 0.216. The maximum absolute atomic E-state index is 8.42. The van der Waals surface area contributed by atoms with E-state index in [1.165, 1.54) is 32.3 Å². The molecule has 7 heteroatoms. The van der Waals surface area contributed by atoms with Gasteiger partial charge in [-0.25, -0.2) is 0 Å². The molecule has 0 radical (unpaired) electrons. The summed E-state index contributed by atoms with van der Waals surface area (Å²) in [6, 6.07) is 26.2. The van der Waals surface area contributed by atoms with Gasteiger partial charge in [0.2, 0.25) is 0 Å². The number of hydrogen-bond acceptors (Lipinski definition) is 3. The fraction of sp³-hybridized carbons (Fsp3) is 0. The van der Waals surface area contributed by atoms with Crippen LogP contribution in [0.3, 0.4) is 0 Å². The van der Waals surface area contributed by atoms with Crippen LogP contribution in [-0.2, 0) is 0 Å². The Hall–Kier alpha value is 2.51. The zero-order chi connectivity index (χ0) is 15.5. The summed E-state index contributed by atoms with van der Waals surface area (Å²) in [6.45, 7) is 0. The Labute approximate surface area is 275 Å². The molecule has 4 aromatic carbocycles. The Morgan fingerprint density at radius 1 is 0.440 bits per heavy atom. The average molecular weight is 404 g/mol. The Kier molecular flexibility index (Phi) is 15.1. The maximum atomic E-state index is 8.42. The van der Waals surface area contributed by atoms with Crippen LogP contribution >= 0.6 is 0 Å². The Balaban J connectivity index is 0.000000754. The minimum atomic E-state index is -2.92.